The third-order valence-corrected chi connectivity index (χ3v) is 5.40. The highest BCUT2D eigenvalue weighted by Crippen LogP contribution is 2.28. The van der Waals surface area contributed by atoms with Crippen molar-refractivity contribution in [1.29, 1.82) is 0 Å². The lowest BCUT2D eigenvalue weighted by Gasteiger charge is -2.16. The predicted octanol–water partition coefficient (Wildman–Crippen LogP) is 4.03. The number of amides is 1. The fourth-order valence-electron chi connectivity index (χ4n) is 3.69. The van der Waals surface area contributed by atoms with Gasteiger partial charge >= 0.3 is 0 Å². The lowest BCUT2D eigenvalue weighted by atomic mass is 10.0. The molecule has 9 heteroatoms. The molecule has 0 radical (unpaired) electrons. The van der Waals surface area contributed by atoms with Crippen molar-refractivity contribution in [3.8, 4) is 11.3 Å². The zero-order valence-corrected chi connectivity index (χ0v) is 16.8. The molecule has 0 spiro atoms. The third-order valence-electron chi connectivity index (χ3n) is 5.40. The van der Waals surface area contributed by atoms with Crippen LogP contribution in [0, 0.1) is 11.6 Å². The van der Waals surface area contributed by atoms with Gasteiger partial charge in [0.2, 0.25) is 0 Å². The van der Waals surface area contributed by atoms with Crippen LogP contribution >= 0.6 is 0 Å². The quantitative estimate of drug-likeness (QED) is 0.464. The molecule has 3 aromatic heterocycles. The standard InChI is InChI=1S/C23H16F2N6O/c1-12(16-7-13-3-2-6-27-19(13)9-18(16)25)31-11-29-22-23(31)30-20(10-28-22)14-4-5-15(21(26)32)17(24)8-14/h2-12H,1H3,(H2,26,32)/t12-/m1/s1. The Morgan fingerprint density at radius 3 is 2.69 bits per heavy atom. The Bertz CT molecular complexity index is 1510. The first-order valence-electron chi connectivity index (χ1n) is 9.76. The summed E-state index contributed by atoms with van der Waals surface area (Å²) in [6.45, 7) is 1.83. The van der Waals surface area contributed by atoms with E-state index in [0.29, 0.717) is 33.6 Å². The summed E-state index contributed by atoms with van der Waals surface area (Å²) in [5.74, 6) is -1.99. The molecule has 158 valence electrons. The monoisotopic (exact) mass is 430 g/mol. The smallest absolute Gasteiger partial charge is 0.251 e. The number of benzene rings is 2. The van der Waals surface area contributed by atoms with E-state index in [4.69, 9.17) is 5.73 Å². The molecule has 3 heterocycles. The molecule has 5 rings (SSSR count). The lowest BCUT2D eigenvalue weighted by molar-refractivity contribution is 0.0996. The SMILES string of the molecule is C[C@H](c1cc2cccnc2cc1F)n1cnc2ncc(-c3ccc(C(N)=O)c(F)c3)nc21. The number of nitrogens with zero attached hydrogens (tertiary/aromatic N) is 5. The fourth-order valence-corrected chi connectivity index (χ4v) is 3.69. The molecule has 0 fully saturated rings. The molecule has 0 aliphatic heterocycles. The minimum Gasteiger partial charge on any atom is -0.366 e. The van der Waals surface area contributed by atoms with Gasteiger partial charge in [-0.05, 0) is 31.2 Å². The normalized spacial score (nSPS) is 12.3. The number of hydrogen-bond acceptors (Lipinski definition) is 5. The van der Waals surface area contributed by atoms with Crippen LogP contribution in [-0.2, 0) is 0 Å². The van der Waals surface area contributed by atoms with Gasteiger partial charge in [0, 0.05) is 28.8 Å². The number of carbonyl (C=O) groups excluding carboxylic acids is 1. The Morgan fingerprint density at radius 1 is 1.06 bits per heavy atom. The predicted molar refractivity (Wildman–Crippen MR) is 115 cm³/mol. The number of hydrogen-bond donors (Lipinski definition) is 1. The fraction of sp³-hybridized carbons (Fsp3) is 0.0870. The van der Waals surface area contributed by atoms with Crippen LogP contribution in [0.1, 0.15) is 28.9 Å². The Hall–Kier alpha value is -4.27. The molecular weight excluding hydrogens is 414 g/mol. The van der Waals surface area contributed by atoms with E-state index in [1.54, 1.807) is 35.3 Å². The van der Waals surface area contributed by atoms with E-state index in [9.17, 15) is 13.6 Å². The van der Waals surface area contributed by atoms with Crippen LogP contribution in [0.3, 0.4) is 0 Å². The van der Waals surface area contributed by atoms with Crippen molar-refractivity contribution in [2.75, 3.05) is 0 Å². The molecule has 0 aliphatic carbocycles. The van der Waals surface area contributed by atoms with Crippen LogP contribution in [0.2, 0.25) is 0 Å². The highest BCUT2D eigenvalue weighted by atomic mass is 19.1. The Balaban J connectivity index is 1.59. The lowest BCUT2D eigenvalue weighted by Crippen LogP contribution is -2.13. The van der Waals surface area contributed by atoms with Crippen molar-refractivity contribution in [2.24, 2.45) is 5.73 Å². The number of nitrogens with two attached hydrogens (primary N) is 1. The van der Waals surface area contributed by atoms with Gasteiger partial charge in [-0.25, -0.2) is 23.7 Å². The van der Waals surface area contributed by atoms with Gasteiger partial charge in [0.15, 0.2) is 11.3 Å². The van der Waals surface area contributed by atoms with Gasteiger partial charge in [-0.1, -0.05) is 12.1 Å². The molecular formula is C23H16F2N6O. The number of halogens is 2. The second-order valence-electron chi connectivity index (χ2n) is 7.36. The van der Waals surface area contributed by atoms with Crippen LogP contribution in [0.15, 0.2) is 61.2 Å². The topological polar surface area (TPSA) is 99.6 Å². The third kappa shape index (κ3) is 3.24. The summed E-state index contributed by atoms with van der Waals surface area (Å²) in [5, 5.41) is 0.817. The summed E-state index contributed by atoms with van der Waals surface area (Å²) >= 11 is 0. The summed E-state index contributed by atoms with van der Waals surface area (Å²) in [4.78, 5) is 28.6. The maximum atomic E-state index is 14.9. The average Bonchev–Trinajstić information content (AvgIpc) is 3.21. The van der Waals surface area contributed by atoms with E-state index in [-0.39, 0.29) is 5.56 Å². The number of aromatic nitrogens is 5. The first kappa shape index (κ1) is 19.7. The number of pyridine rings is 1. The first-order valence-corrected chi connectivity index (χ1v) is 9.76. The second kappa shape index (κ2) is 7.45. The zero-order valence-electron chi connectivity index (χ0n) is 16.8. The minimum atomic E-state index is -0.852. The number of imidazole rings is 1. The van der Waals surface area contributed by atoms with Crippen molar-refractivity contribution < 1.29 is 13.6 Å². The maximum absolute atomic E-state index is 14.9. The number of primary amides is 1. The van der Waals surface area contributed by atoms with Crippen LogP contribution in [0.5, 0.6) is 0 Å². The summed E-state index contributed by atoms with van der Waals surface area (Å²) in [5.41, 5.74) is 7.57. The summed E-state index contributed by atoms with van der Waals surface area (Å²) < 4.78 is 30.8. The Labute approximate surface area is 180 Å². The van der Waals surface area contributed by atoms with Crippen molar-refractivity contribution in [2.45, 2.75) is 13.0 Å². The molecule has 1 amide bonds. The van der Waals surface area contributed by atoms with E-state index in [2.05, 4.69) is 19.9 Å². The van der Waals surface area contributed by atoms with Crippen molar-refractivity contribution in [1.82, 2.24) is 24.5 Å². The minimum absolute atomic E-state index is 0.206. The Morgan fingerprint density at radius 2 is 1.91 bits per heavy atom. The average molecular weight is 430 g/mol. The number of rotatable bonds is 4. The van der Waals surface area contributed by atoms with E-state index < -0.39 is 23.6 Å². The maximum Gasteiger partial charge on any atom is 0.251 e. The van der Waals surface area contributed by atoms with Gasteiger partial charge in [-0.2, -0.15) is 0 Å². The summed E-state index contributed by atoms with van der Waals surface area (Å²) in [7, 11) is 0. The largest absolute Gasteiger partial charge is 0.366 e. The van der Waals surface area contributed by atoms with E-state index >= 15 is 0 Å². The molecule has 0 saturated carbocycles. The second-order valence-corrected chi connectivity index (χ2v) is 7.36. The first-order chi connectivity index (χ1) is 15.4. The molecule has 5 aromatic rings. The van der Waals surface area contributed by atoms with Gasteiger partial charge in [-0.3, -0.25) is 9.78 Å². The summed E-state index contributed by atoms with van der Waals surface area (Å²) in [6, 6.07) is 10.4. The van der Waals surface area contributed by atoms with E-state index in [1.165, 1.54) is 24.4 Å². The number of fused-ring (bicyclic) bond motifs is 2. The van der Waals surface area contributed by atoms with Crippen LogP contribution in [0.25, 0.3) is 33.5 Å². The van der Waals surface area contributed by atoms with Gasteiger partial charge in [0.05, 0.1) is 35.3 Å². The highest BCUT2D eigenvalue weighted by Gasteiger charge is 2.19. The molecule has 32 heavy (non-hydrogen) atoms. The molecule has 1 atom stereocenters. The molecule has 0 aliphatic rings. The molecule has 7 nitrogen and oxygen atoms in total. The van der Waals surface area contributed by atoms with Gasteiger partial charge in [0.25, 0.3) is 5.91 Å². The molecule has 2 aromatic carbocycles. The van der Waals surface area contributed by atoms with E-state index in [1.807, 2.05) is 13.0 Å². The van der Waals surface area contributed by atoms with Crippen molar-refractivity contribution in [3.05, 3.63) is 83.9 Å². The van der Waals surface area contributed by atoms with Crippen molar-refractivity contribution >= 4 is 28.1 Å². The zero-order chi connectivity index (χ0) is 22.4. The molecule has 2 N–H and O–H groups in total. The van der Waals surface area contributed by atoms with Gasteiger partial charge < -0.3 is 10.3 Å². The van der Waals surface area contributed by atoms with Gasteiger partial charge in [-0.15, -0.1) is 0 Å². The highest BCUT2D eigenvalue weighted by molar-refractivity contribution is 5.93. The molecule has 0 bridgehead atoms. The van der Waals surface area contributed by atoms with Crippen LogP contribution in [0.4, 0.5) is 8.78 Å². The molecule has 0 saturated heterocycles. The van der Waals surface area contributed by atoms with Crippen LogP contribution < -0.4 is 5.73 Å². The van der Waals surface area contributed by atoms with Gasteiger partial charge in [0.1, 0.15) is 11.6 Å². The molecule has 0 unspecified atom stereocenters. The Kier molecular flexibility index (Phi) is 4.58. The van der Waals surface area contributed by atoms with Crippen LogP contribution in [-0.4, -0.2) is 30.4 Å². The number of carbonyl (C=O) groups is 1. The van der Waals surface area contributed by atoms with E-state index in [0.717, 1.165) is 5.39 Å². The summed E-state index contributed by atoms with van der Waals surface area (Å²) in [6.07, 6.45) is 4.62. The van der Waals surface area contributed by atoms with Crippen molar-refractivity contribution in [3.63, 3.8) is 0 Å².